The summed E-state index contributed by atoms with van der Waals surface area (Å²) in [5.41, 5.74) is 2.80. The van der Waals surface area contributed by atoms with Gasteiger partial charge in [0, 0.05) is 12.0 Å². The van der Waals surface area contributed by atoms with Crippen LogP contribution in [0, 0.1) is 12.8 Å². The fourth-order valence-electron chi connectivity index (χ4n) is 2.77. The molecule has 1 fully saturated rings. The summed E-state index contributed by atoms with van der Waals surface area (Å²) in [6.45, 7) is 8.42. The van der Waals surface area contributed by atoms with Crippen LogP contribution >= 0.6 is 0 Å². The van der Waals surface area contributed by atoms with E-state index in [4.69, 9.17) is 4.74 Å². The van der Waals surface area contributed by atoms with Gasteiger partial charge < -0.3 is 10.1 Å². The molecular weight excluding hydrogens is 210 g/mol. The summed E-state index contributed by atoms with van der Waals surface area (Å²) in [4.78, 5) is 0. The highest BCUT2D eigenvalue weighted by Gasteiger charge is 2.30. The summed E-state index contributed by atoms with van der Waals surface area (Å²) in [5, 5.41) is 3.62. The Kier molecular flexibility index (Phi) is 4.19. The highest BCUT2D eigenvalue weighted by Crippen LogP contribution is 2.32. The molecular formula is C15H23NO. The van der Waals surface area contributed by atoms with Gasteiger partial charge in [-0.2, -0.15) is 0 Å². The van der Waals surface area contributed by atoms with Crippen LogP contribution < -0.4 is 5.32 Å². The first-order valence-corrected chi connectivity index (χ1v) is 6.63. The van der Waals surface area contributed by atoms with E-state index in [1.165, 1.54) is 11.1 Å². The van der Waals surface area contributed by atoms with E-state index in [-0.39, 0.29) is 0 Å². The monoisotopic (exact) mass is 233 g/mol. The number of benzene rings is 1. The van der Waals surface area contributed by atoms with Gasteiger partial charge in [-0.1, -0.05) is 31.2 Å². The fourth-order valence-corrected chi connectivity index (χ4v) is 2.77. The Morgan fingerprint density at radius 1 is 1.41 bits per heavy atom. The summed E-state index contributed by atoms with van der Waals surface area (Å²) in [6, 6.07) is 9.11. The number of nitrogens with one attached hydrogen (secondary N) is 1. The second kappa shape index (κ2) is 5.65. The third-order valence-electron chi connectivity index (χ3n) is 3.65. The van der Waals surface area contributed by atoms with Gasteiger partial charge >= 0.3 is 0 Å². The molecule has 2 rings (SSSR count). The first kappa shape index (κ1) is 12.6. The molecule has 0 bridgehead atoms. The van der Waals surface area contributed by atoms with Crippen molar-refractivity contribution in [3.8, 4) is 0 Å². The number of ether oxygens (including phenoxy) is 1. The lowest BCUT2D eigenvalue weighted by molar-refractivity contribution is 0.117. The lowest BCUT2D eigenvalue weighted by Gasteiger charge is -2.25. The van der Waals surface area contributed by atoms with Crippen molar-refractivity contribution >= 4 is 0 Å². The van der Waals surface area contributed by atoms with Crippen LogP contribution in [0.1, 0.15) is 37.4 Å². The van der Waals surface area contributed by atoms with E-state index in [1.807, 2.05) is 0 Å². The molecule has 0 aliphatic carbocycles. The van der Waals surface area contributed by atoms with Crippen LogP contribution in [-0.2, 0) is 4.74 Å². The van der Waals surface area contributed by atoms with Crippen LogP contribution in [-0.4, -0.2) is 19.3 Å². The van der Waals surface area contributed by atoms with Crippen molar-refractivity contribution in [3.05, 3.63) is 35.4 Å². The van der Waals surface area contributed by atoms with Crippen LogP contribution in [0.5, 0.6) is 0 Å². The summed E-state index contributed by atoms with van der Waals surface area (Å²) < 4.78 is 5.71. The van der Waals surface area contributed by atoms with Crippen LogP contribution in [0.3, 0.4) is 0 Å². The predicted octanol–water partition coefficient (Wildman–Crippen LogP) is 3.07. The van der Waals surface area contributed by atoms with Crippen LogP contribution in [0.4, 0.5) is 0 Å². The van der Waals surface area contributed by atoms with E-state index in [2.05, 4.69) is 50.4 Å². The van der Waals surface area contributed by atoms with Gasteiger partial charge in [0.1, 0.15) is 0 Å². The molecule has 17 heavy (non-hydrogen) atoms. The van der Waals surface area contributed by atoms with E-state index >= 15 is 0 Å². The zero-order chi connectivity index (χ0) is 12.3. The highest BCUT2D eigenvalue weighted by atomic mass is 16.5. The molecule has 1 aliphatic rings. The first-order chi connectivity index (χ1) is 8.22. The summed E-state index contributed by atoms with van der Waals surface area (Å²) in [5.74, 6) is 0.603. The minimum absolute atomic E-state index is 0.408. The number of hydrogen-bond donors (Lipinski definition) is 1. The molecule has 3 atom stereocenters. The fraction of sp³-hybridized carbons (Fsp3) is 0.600. The predicted molar refractivity (Wildman–Crippen MR) is 71.1 cm³/mol. The standard InChI is InChI=1S/C15H23NO/c1-4-16-15(13-9-12(3)17-10-13)14-8-6-5-7-11(14)2/h5-8,12-13,15-16H,4,9-10H2,1-3H3. The first-order valence-electron chi connectivity index (χ1n) is 6.63. The molecule has 94 valence electrons. The molecule has 2 nitrogen and oxygen atoms in total. The lowest BCUT2D eigenvalue weighted by Crippen LogP contribution is -2.29. The Balaban J connectivity index is 2.20. The Morgan fingerprint density at radius 3 is 2.76 bits per heavy atom. The molecule has 1 N–H and O–H groups in total. The Labute approximate surface area is 104 Å². The lowest BCUT2D eigenvalue weighted by atomic mass is 9.88. The molecule has 1 saturated heterocycles. The average Bonchev–Trinajstić information content (AvgIpc) is 2.74. The van der Waals surface area contributed by atoms with Gasteiger partial charge in [-0.25, -0.2) is 0 Å². The maximum Gasteiger partial charge on any atom is 0.0551 e. The van der Waals surface area contributed by atoms with Gasteiger partial charge in [-0.3, -0.25) is 0 Å². The van der Waals surface area contributed by atoms with Crippen molar-refractivity contribution in [1.29, 1.82) is 0 Å². The van der Waals surface area contributed by atoms with Gasteiger partial charge in [0.15, 0.2) is 0 Å². The quantitative estimate of drug-likeness (QED) is 0.863. The van der Waals surface area contributed by atoms with Crippen molar-refractivity contribution in [3.63, 3.8) is 0 Å². The molecule has 3 unspecified atom stereocenters. The minimum Gasteiger partial charge on any atom is -0.378 e. The van der Waals surface area contributed by atoms with Crippen molar-refractivity contribution in [2.75, 3.05) is 13.2 Å². The normalized spacial score (nSPS) is 26.1. The SMILES string of the molecule is CCNC(c1ccccc1C)C1COC(C)C1. The second-order valence-electron chi connectivity index (χ2n) is 5.03. The average molecular weight is 233 g/mol. The Morgan fingerprint density at radius 2 is 2.18 bits per heavy atom. The molecule has 0 spiro atoms. The van der Waals surface area contributed by atoms with Crippen LogP contribution in [0.2, 0.25) is 0 Å². The molecule has 1 aliphatic heterocycles. The molecule has 1 aromatic rings. The Bertz CT molecular complexity index is 364. The summed E-state index contributed by atoms with van der Waals surface area (Å²) >= 11 is 0. The minimum atomic E-state index is 0.408. The van der Waals surface area contributed by atoms with E-state index in [1.54, 1.807) is 0 Å². The second-order valence-corrected chi connectivity index (χ2v) is 5.03. The van der Waals surface area contributed by atoms with Gasteiger partial charge in [-0.05, 0) is 37.9 Å². The van der Waals surface area contributed by atoms with Crippen LogP contribution in [0.25, 0.3) is 0 Å². The van der Waals surface area contributed by atoms with Crippen molar-refractivity contribution in [2.24, 2.45) is 5.92 Å². The zero-order valence-corrected chi connectivity index (χ0v) is 11.1. The largest absolute Gasteiger partial charge is 0.378 e. The Hall–Kier alpha value is -0.860. The smallest absolute Gasteiger partial charge is 0.0551 e. The topological polar surface area (TPSA) is 21.3 Å². The maximum atomic E-state index is 5.71. The van der Waals surface area contributed by atoms with Crippen molar-refractivity contribution < 1.29 is 4.74 Å². The van der Waals surface area contributed by atoms with Gasteiger partial charge in [-0.15, -0.1) is 0 Å². The summed E-state index contributed by atoms with van der Waals surface area (Å²) in [6.07, 6.45) is 1.57. The molecule has 0 radical (unpaired) electrons. The third-order valence-corrected chi connectivity index (χ3v) is 3.65. The van der Waals surface area contributed by atoms with Gasteiger partial charge in [0.25, 0.3) is 0 Å². The molecule has 1 aromatic carbocycles. The van der Waals surface area contributed by atoms with E-state index in [0.717, 1.165) is 19.6 Å². The molecule has 2 heteroatoms. The number of rotatable bonds is 4. The highest BCUT2D eigenvalue weighted by molar-refractivity contribution is 5.29. The molecule has 1 heterocycles. The van der Waals surface area contributed by atoms with Gasteiger partial charge in [0.05, 0.1) is 12.7 Å². The molecule has 0 amide bonds. The molecule has 0 aromatic heterocycles. The van der Waals surface area contributed by atoms with Crippen LogP contribution in [0.15, 0.2) is 24.3 Å². The number of hydrogen-bond acceptors (Lipinski definition) is 2. The zero-order valence-electron chi connectivity index (χ0n) is 11.1. The van der Waals surface area contributed by atoms with E-state index in [0.29, 0.717) is 18.1 Å². The number of aryl methyl sites for hydroxylation is 1. The van der Waals surface area contributed by atoms with E-state index in [9.17, 15) is 0 Å². The summed E-state index contributed by atoms with van der Waals surface area (Å²) in [7, 11) is 0. The van der Waals surface area contributed by atoms with Crippen molar-refractivity contribution in [1.82, 2.24) is 5.32 Å². The molecule has 0 saturated carbocycles. The van der Waals surface area contributed by atoms with E-state index < -0.39 is 0 Å². The maximum absolute atomic E-state index is 5.71. The third kappa shape index (κ3) is 2.88. The van der Waals surface area contributed by atoms with Crippen molar-refractivity contribution in [2.45, 2.75) is 39.3 Å². The van der Waals surface area contributed by atoms with Gasteiger partial charge in [0.2, 0.25) is 0 Å².